The fourth-order valence-corrected chi connectivity index (χ4v) is 3.21. The first kappa shape index (κ1) is 22.1. The molecule has 2 heterocycles. The van der Waals surface area contributed by atoms with Crippen molar-refractivity contribution in [1.82, 2.24) is 15.2 Å². The van der Waals surface area contributed by atoms with Gasteiger partial charge < -0.3 is 25.0 Å². The van der Waals surface area contributed by atoms with Gasteiger partial charge in [0.25, 0.3) is 0 Å². The molecule has 7 nitrogen and oxygen atoms in total. The van der Waals surface area contributed by atoms with E-state index in [0.29, 0.717) is 18.7 Å². The number of aliphatic imine (C=N–C) groups is 1. The van der Waals surface area contributed by atoms with Crippen LogP contribution in [0.5, 0.6) is 11.5 Å². The maximum absolute atomic E-state index is 10.1. The number of halogens is 1. The molecule has 28 heavy (non-hydrogen) atoms. The molecule has 2 aromatic rings. The minimum Gasteiger partial charge on any atom is -0.508 e. The molecule has 0 bridgehead atoms. The van der Waals surface area contributed by atoms with Crippen molar-refractivity contribution in [2.24, 2.45) is 4.99 Å². The smallest absolute Gasteiger partial charge is 0.193 e. The van der Waals surface area contributed by atoms with E-state index in [4.69, 9.17) is 4.74 Å². The number of ether oxygens (including phenoxy) is 1. The van der Waals surface area contributed by atoms with Gasteiger partial charge in [0.1, 0.15) is 17.3 Å². The van der Waals surface area contributed by atoms with Crippen molar-refractivity contribution in [3.8, 4) is 11.5 Å². The van der Waals surface area contributed by atoms with Crippen molar-refractivity contribution < 1.29 is 9.84 Å². The summed E-state index contributed by atoms with van der Waals surface area (Å²) in [7, 11) is 3.39. The average Bonchev–Trinajstić information content (AvgIpc) is 2.73. The second kappa shape index (κ2) is 10.9. The Labute approximate surface area is 183 Å². The standard InChI is InChI=1S/C20H27N5O2.HI/c1-21-20(23-10-8-16-6-7-17(27-2)15-18(16)26)25-13-11-24(12-14-25)19-5-3-4-9-22-19;/h3-7,9,15,26H,8,10-14H2,1-2H3,(H,21,23);1H. The van der Waals surface area contributed by atoms with Gasteiger partial charge in [0, 0.05) is 52.0 Å². The first-order valence-corrected chi connectivity index (χ1v) is 9.18. The molecule has 1 aliphatic rings. The first-order valence-electron chi connectivity index (χ1n) is 9.18. The molecular weight excluding hydrogens is 469 g/mol. The fraction of sp³-hybridized carbons (Fsp3) is 0.400. The number of methoxy groups -OCH3 is 1. The molecular formula is C20H28IN5O2. The molecule has 1 fully saturated rings. The molecule has 1 aromatic heterocycles. The number of aromatic nitrogens is 1. The predicted molar refractivity (Wildman–Crippen MR) is 123 cm³/mol. The number of nitrogens with zero attached hydrogens (tertiary/aromatic N) is 4. The molecule has 8 heteroatoms. The predicted octanol–water partition coefficient (Wildman–Crippen LogP) is 2.35. The summed E-state index contributed by atoms with van der Waals surface area (Å²) in [5, 5.41) is 13.5. The van der Waals surface area contributed by atoms with Gasteiger partial charge in [-0.05, 0) is 30.2 Å². The van der Waals surface area contributed by atoms with E-state index in [1.54, 1.807) is 20.2 Å². The molecule has 1 saturated heterocycles. The lowest BCUT2D eigenvalue weighted by Gasteiger charge is -2.37. The third-order valence-electron chi connectivity index (χ3n) is 4.73. The summed E-state index contributed by atoms with van der Waals surface area (Å²) in [6.45, 7) is 4.31. The molecule has 0 unspecified atom stereocenters. The Morgan fingerprint density at radius 1 is 1.21 bits per heavy atom. The summed E-state index contributed by atoms with van der Waals surface area (Å²) in [6.07, 6.45) is 2.54. The van der Waals surface area contributed by atoms with Crippen molar-refractivity contribution in [2.75, 3.05) is 51.8 Å². The lowest BCUT2D eigenvalue weighted by Crippen LogP contribution is -2.53. The number of anilines is 1. The van der Waals surface area contributed by atoms with Crippen molar-refractivity contribution in [3.05, 3.63) is 48.2 Å². The maximum atomic E-state index is 10.1. The van der Waals surface area contributed by atoms with Gasteiger partial charge >= 0.3 is 0 Å². The van der Waals surface area contributed by atoms with E-state index in [0.717, 1.165) is 43.5 Å². The molecule has 0 saturated carbocycles. The van der Waals surface area contributed by atoms with Crippen LogP contribution in [0.3, 0.4) is 0 Å². The molecule has 0 aliphatic carbocycles. The fourth-order valence-electron chi connectivity index (χ4n) is 3.21. The van der Waals surface area contributed by atoms with Crippen LogP contribution in [-0.4, -0.2) is 67.8 Å². The Bertz CT molecular complexity index is 764. The van der Waals surface area contributed by atoms with Gasteiger partial charge in [-0.15, -0.1) is 24.0 Å². The monoisotopic (exact) mass is 497 g/mol. The SMILES string of the molecule is CN=C(NCCc1ccc(OC)cc1O)N1CCN(c2ccccn2)CC1.I. The van der Waals surface area contributed by atoms with Gasteiger partial charge in [0.15, 0.2) is 5.96 Å². The number of guanidine groups is 1. The number of phenols is 1. The van der Waals surface area contributed by atoms with Gasteiger partial charge in [0.05, 0.1) is 7.11 Å². The number of hydrogen-bond acceptors (Lipinski definition) is 5. The van der Waals surface area contributed by atoms with Crippen molar-refractivity contribution in [1.29, 1.82) is 0 Å². The second-order valence-corrected chi connectivity index (χ2v) is 6.38. The largest absolute Gasteiger partial charge is 0.508 e. The van der Waals surface area contributed by atoms with Crippen LogP contribution < -0.4 is 15.0 Å². The molecule has 1 aromatic carbocycles. The van der Waals surface area contributed by atoms with Crippen LogP contribution in [0, 0.1) is 0 Å². The lowest BCUT2D eigenvalue weighted by molar-refractivity contribution is 0.371. The molecule has 2 N–H and O–H groups in total. The summed E-state index contributed by atoms with van der Waals surface area (Å²) < 4.78 is 5.12. The van der Waals surface area contributed by atoms with E-state index >= 15 is 0 Å². The summed E-state index contributed by atoms with van der Waals surface area (Å²) in [5.41, 5.74) is 0.888. The van der Waals surface area contributed by atoms with Gasteiger partial charge in [-0.2, -0.15) is 0 Å². The van der Waals surface area contributed by atoms with Crippen LogP contribution >= 0.6 is 24.0 Å². The van der Waals surface area contributed by atoms with Crippen molar-refractivity contribution in [2.45, 2.75) is 6.42 Å². The van der Waals surface area contributed by atoms with Gasteiger partial charge in [-0.25, -0.2) is 4.98 Å². The average molecular weight is 497 g/mol. The highest BCUT2D eigenvalue weighted by atomic mass is 127. The van der Waals surface area contributed by atoms with Crippen LogP contribution in [0.25, 0.3) is 0 Å². The summed E-state index contributed by atoms with van der Waals surface area (Å²) >= 11 is 0. The third kappa shape index (κ3) is 5.63. The van der Waals surface area contributed by atoms with Crippen LogP contribution in [0.1, 0.15) is 5.56 Å². The summed E-state index contributed by atoms with van der Waals surface area (Å²) in [4.78, 5) is 13.4. The highest BCUT2D eigenvalue weighted by Gasteiger charge is 2.20. The maximum Gasteiger partial charge on any atom is 0.193 e. The molecule has 0 spiro atoms. The number of piperazine rings is 1. The Kier molecular flexibility index (Phi) is 8.62. The number of nitrogens with one attached hydrogen (secondary N) is 1. The minimum absolute atomic E-state index is 0. The summed E-state index contributed by atoms with van der Waals surface area (Å²) in [6, 6.07) is 11.4. The Morgan fingerprint density at radius 3 is 2.61 bits per heavy atom. The highest BCUT2D eigenvalue weighted by Crippen LogP contribution is 2.23. The topological polar surface area (TPSA) is 73.2 Å². The van der Waals surface area contributed by atoms with Gasteiger partial charge in [-0.3, -0.25) is 4.99 Å². The molecule has 152 valence electrons. The van der Waals surface area contributed by atoms with E-state index in [1.807, 2.05) is 36.5 Å². The molecule has 1 aliphatic heterocycles. The second-order valence-electron chi connectivity index (χ2n) is 6.38. The number of pyridine rings is 1. The number of aromatic hydroxyl groups is 1. The number of benzene rings is 1. The van der Waals surface area contributed by atoms with Crippen LogP contribution in [-0.2, 0) is 6.42 Å². The Balaban J connectivity index is 0.00000280. The zero-order valence-electron chi connectivity index (χ0n) is 16.3. The van der Waals surface area contributed by atoms with Gasteiger partial charge in [0.2, 0.25) is 0 Å². The zero-order valence-corrected chi connectivity index (χ0v) is 18.7. The van der Waals surface area contributed by atoms with Gasteiger partial charge in [-0.1, -0.05) is 12.1 Å². The van der Waals surface area contributed by atoms with Crippen LogP contribution in [0.2, 0.25) is 0 Å². The normalized spacial score (nSPS) is 14.4. The summed E-state index contributed by atoms with van der Waals surface area (Å²) in [5.74, 6) is 2.83. The van der Waals surface area contributed by atoms with Crippen molar-refractivity contribution >= 4 is 35.8 Å². The van der Waals surface area contributed by atoms with E-state index in [2.05, 4.69) is 25.1 Å². The Morgan fingerprint density at radius 2 is 2.00 bits per heavy atom. The van der Waals surface area contributed by atoms with E-state index in [-0.39, 0.29) is 29.7 Å². The van der Waals surface area contributed by atoms with Crippen LogP contribution in [0.15, 0.2) is 47.6 Å². The lowest BCUT2D eigenvalue weighted by atomic mass is 10.1. The molecule has 3 rings (SSSR count). The number of rotatable bonds is 5. The number of hydrogen-bond donors (Lipinski definition) is 2. The molecule has 0 atom stereocenters. The third-order valence-corrected chi connectivity index (χ3v) is 4.73. The highest BCUT2D eigenvalue weighted by molar-refractivity contribution is 14.0. The molecule has 0 radical (unpaired) electrons. The molecule has 0 amide bonds. The van der Waals surface area contributed by atoms with Crippen LogP contribution in [0.4, 0.5) is 5.82 Å². The zero-order chi connectivity index (χ0) is 19.1. The minimum atomic E-state index is 0. The first-order chi connectivity index (χ1) is 13.2. The van der Waals surface area contributed by atoms with E-state index < -0.39 is 0 Å². The Hall–Kier alpha value is -2.23. The number of phenolic OH excluding ortho intramolecular Hbond substituents is 1. The quantitative estimate of drug-likeness (QED) is 0.376. The van der Waals surface area contributed by atoms with E-state index in [1.165, 1.54) is 0 Å². The van der Waals surface area contributed by atoms with Crippen molar-refractivity contribution in [3.63, 3.8) is 0 Å². The van der Waals surface area contributed by atoms with E-state index in [9.17, 15) is 5.11 Å².